The summed E-state index contributed by atoms with van der Waals surface area (Å²) in [7, 11) is 1.77. The van der Waals surface area contributed by atoms with Gasteiger partial charge in [0.05, 0.1) is 19.2 Å². The number of benzene rings is 2. The Labute approximate surface area is 234 Å². The number of amides is 1. The van der Waals surface area contributed by atoms with Crippen molar-refractivity contribution in [3.05, 3.63) is 107 Å². The Morgan fingerprint density at radius 2 is 1.88 bits per heavy atom. The molecule has 4 aromatic rings. The summed E-state index contributed by atoms with van der Waals surface area (Å²) in [5.74, 6) is -0.168. The Morgan fingerprint density at radius 1 is 1.07 bits per heavy atom. The third-order valence-corrected chi connectivity index (χ3v) is 8.11. The Hall–Kier alpha value is -3.70. The standard InChI is InChI=1S/C29H29F3N5O2S/c1-37(28(38)39-18-19-7-4-3-5-8-19)17-23(20-9-6-10-21(15-20)29(30,31)32)22(16-25(37)26-33-13-14-34-26)24-11-12-35-27(36-24)40-2/h3-15,22-23,25H,16-18H2,1-2H3,(H,33,34)/q+1. The van der Waals surface area contributed by atoms with Crippen LogP contribution in [0.15, 0.2) is 84.4 Å². The van der Waals surface area contributed by atoms with Crippen molar-refractivity contribution < 1.29 is 27.2 Å². The number of quaternary nitrogens is 1. The average molecular weight is 569 g/mol. The Bertz CT molecular complexity index is 1450. The van der Waals surface area contributed by atoms with Crippen molar-refractivity contribution in [3.63, 3.8) is 0 Å². The van der Waals surface area contributed by atoms with E-state index in [1.54, 1.807) is 37.8 Å². The summed E-state index contributed by atoms with van der Waals surface area (Å²) in [5.41, 5.74) is 1.31. The number of nitrogens with one attached hydrogen (secondary N) is 1. The van der Waals surface area contributed by atoms with Crippen molar-refractivity contribution in [2.24, 2.45) is 0 Å². The van der Waals surface area contributed by atoms with E-state index in [0.717, 1.165) is 11.6 Å². The highest BCUT2D eigenvalue weighted by atomic mass is 32.2. The van der Waals surface area contributed by atoms with Crippen LogP contribution in [0.2, 0.25) is 0 Å². The minimum Gasteiger partial charge on any atom is -0.415 e. The van der Waals surface area contributed by atoms with Crippen LogP contribution in [0.3, 0.4) is 0 Å². The molecular weight excluding hydrogens is 539 g/mol. The first-order chi connectivity index (χ1) is 19.2. The van der Waals surface area contributed by atoms with Crippen molar-refractivity contribution in [1.82, 2.24) is 19.9 Å². The first-order valence-corrected chi connectivity index (χ1v) is 14.0. The van der Waals surface area contributed by atoms with Gasteiger partial charge >= 0.3 is 12.3 Å². The van der Waals surface area contributed by atoms with Gasteiger partial charge in [-0.25, -0.2) is 19.4 Å². The SMILES string of the molecule is CSc1nccc(C2CC(c3ncc[nH]3)[N+](C)(C(=O)OCc3ccccc3)CC2c2cccc(C(F)(F)F)c2)n1. The van der Waals surface area contributed by atoms with Gasteiger partial charge in [-0.2, -0.15) is 18.0 Å². The number of halogens is 3. The van der Waals surface area contributed by atoms with Crippen LogP contribution >= 0.6 is 11.8 Å². The van der Waals surface area contributed by atoms with Crippen LogP contribution in [0, 0.1) is 0 Å². The maximum Gasteiger partial charge on any atom is 0.516 e. The van der Waals surface area contributed by atoms with E-state index in [1.165, 1.54) is 23.9 Å². The third-order valence-electron chi connectivity index (χ3n) is 7.54. The first-order valence-electron chi connectivity index (χ1n) is 12.8. The van der Waals surface area contributed by atoms with Gasteiger partial charge in [0.15, 0.2) is 17.0 Å². The maximum atomic E-state index is 13.8. The van der Waals surface area contributed by atoms with E-state index in [0.29, 0.717) is 28.7 Å². The predicted octanol–water partition coefficient (Wildman–Crippen LogP) is 6.74. The van der Waals surface area contributed by atoms with Crippen LogP contribution < -0.4 is 0 Å². The number of likely N-dealkylation sites (N-methyl/N-ethyl adjacent to an activating group) is 1. The molecule has 2 aromatic carbocycles. The van der Waals surface area contributed by atoms with E-state index < -0.39 is 29.8 Å². The number of aromatic amines is 1. The lowest BCUT2D eigenvalue weighted by Crippen LogP contribution is -2.58. The van der Waals surface area contributed by atoms with Crippen LogP contribution in [-0.2, 0) is 17.5 Å². The smallest absolute Gasteiger partial charge is 0.415 e. The number of aromatic nitrogens is 4. The predicted molar refractivity (Wildman–Crippen MR) is 144 cm³/mol. The molecule has 3 heterocycles. The summed E-state index contributed by atoms with van der Waals surface area (Å²) in [5, 5.41) is 0.569. The third kappa shape index (κ3) is 5.75. The molecule has 2 aromatic heterocycles. The number of H-pyrrole nitrogens is 1. The number of likely N-dealkylation sites (tertiary alicyclic amines) is 1. The van der Waals surface area contributed by atoms with Crippen molar-refractivity contribution in [2.75, 3.05) is 19.8 Å². The van der Waals surface area contributed by atoms with Gasteiger partial charge in [0.25, 0.3) is 0 Å². The van der Waals surface area contributed by atoms with Crippen molar-refractivity contribution >= 4 is 17.9 Å². The highest BCUT2D eigenvalue weighted by Gasteiger charge is 2.53. The van der Waals surface area contributed by atoms with Gasteiger partial charge in [-0.05, 0) is 29.5 Å². The molecule has 0 aliphatic carbocycles. The minimum absolute atomic E-state index is 0.0824. The molecule has 4 atom stereocenters. The number of piperidine rings is 1. The fourth-order valence-electron chi connectivity index (χ4n) is 5.48. The summed E-state index contributed by atoms with van der Waals surface area (Å²) in [6.07, 6.45) is 2.27. The molecule has 0 saturated carbocycles. The lowest BCUT2D eigenvalue weighted by atomic mass is 9.74. The summed E-state index contributed by atoms with van der Waals surface area (Å²) >= 11 is 1.39. The number of hydrogen-bond acceptors (Lipinski definition) is 6. The quantitative estimate of drug-likeness (QED) is 0.158. The van der Waals surface area contributed by atoms with E-state index in [-0.39, 0.29) is 23.6 Å². The number of thioether (sulfide) groups is 1. The number of nitrogens with zero attached hydrogens (tertiary/aromatic N) is 4. The van der Waals surface area contributed by atoms with Crippen molar-refractivity contribution in [1.29, 1.82) is 0 Å². The number of carbonyl (C=O) groups excluding carboxylic acids is 1. The fourth-order valence-corrected chi connectivity index (χ4v) is 5.84. The molecule has 0 spiro atoms. The number of alkyl halides is 3. The molecule has 11 heteroatoms. The molecule has 0 radical (unpaired) electrons. The van der Waals surface area contributed by atoms with Gasteiger partial charge in [-0.15, -0.1) is 0 Å². The number of imidazole rings is 1. The second-order valence-corrected chi connectivity index (χ2v) is 10.8. The van der Waals surface area contributed by atoms with E-state index in [4.69, 9.17) is 9.72 Å². The molecule has 208 valence electrons. The minimum atomic E-state index is -4.50. The normalized spacial score (nSPS) is 23.1. The summed E-state index contributed by atoms with van der Waals surface area (Å²) in [4.78, 5) is 30.5. The number of rotatable bonds is 6. The Kier molecular flexibility index (Phi) is 7.95. The lowest BCUT2D eigenvalue weighted by molar-refractivity contribution is -0.878. The zero-order valence-corrected chi connectivity index (χ0v) is 22.8. The second-order valence-electron chi connectivity index (χ2n) is 10.0. The Morgan fingerprint density at radius 3 is 2.58 bits per heavy atom. The monoisotopic (exact) mass is 568 g/mol. The zero-order chi connectivity index (χ0) is 28.3. The van der Waals surface area contributed by atoms with E-state index in [9.17, 15) is 18.0 Å². The van der Waals surface area contributed by atoms with Gasteiger partial charge in [0.1, 0.15) is 6.61 Å². The Balaban J connectivity index is 1.58. The largest absolute Gasteiger partial charge is 0.516 e. The van der Waals surface area contributed by atoms with Crippen LogP contribution in [0.1, 0.15) is 52.5 Å². The molecule has 7 nitrogen and oxygen atoms in total. The van der Waals surface area contributed by atoms with Gasteiger partial charge < -0.3 is 9.72 Å². The van der Waals surface area contributed by atoms with Crippen LogP contribution in [0.4, 0.5) is 18.0 Å². The molecule has 1 aliphatic heterocycles. The molecule has 1 N–H and O–H groups in total. The van der Waals surface area contributed by atoms with Crippen molar-refractivity contribution in [3.8, 4) is 0 Å². The average Bonchev–Trinajstić information content (AvgIpc) is 3.50. The number of carbonyl (C=O) groups is 1. The summed E-state index contributed by atoms with van der Waals surface area (Å²) < 4.78 is 46.8. The first kappa shape index (κ1) is 27.9. The molecule has 1 fully saturated rings. The van der Waals surface area contributed by atoms with E-state index in [1.807, 2.05) is 36.6 Å². The topological polar surface area (TPSA) is 80.8 Å². The van der Waals surface area contributed by atoms with Crippen molar-refractivity contribution in [2.45, 2.75) is 42.2 Å². The highest BCUT2D eigenvalue weighted by molar-refractivity contribution is 7.98. The molecule has 1 saturated heterocycles. The molecule has 1 amide bonds. The number of hydrogen-bond donors (Lipinski definition) is 1. The fraction of sp³-hybridized carbons (Fsp3) is 0.310. The lowest BCUT2D eigenvalue weighted by Gasteiger charge is -2.46. The maximum absolute atomic E-state index is 13.8. The van der Waals surface area contributed by atoms with Gasteiger partial charge in [0.2, 0.25) is 0 Å². The zero-order valence-electron chi connectivity index (χ0n) is 22.0. The molecule has 0 bridgehead atoms. The van der Waals surface area contributed by atoms with Gasteiger partial charge in [-0.3, -0.25) is 0 Å². The molecule has 40 heavy (non-hydrogen) atoms. The van der Waals surface area contributed by atoms with Crippen LogP contribution in [-0.4, -0.2) is 50.4 Å². The number of ether oxygens (including phenoxy) is 1. The second kappa shape index (κ2) is 11.4. The molecule has 1 aliphatic rings. The van der Waals surface area contributed by atoms with E-state index in [2.05, 4.69) is 15.0 Å². The van der Waals surface area contributed by atoms with Crippen LogP contribution in [0.25, 0.3) is 0 Å². The summed E-state index contributed by atoms with van der Waals surface area (Å²) in [6.45, 7) is 0.266. The van der Waals surface area contributed by atoms with Gasteiger partial charge in [0, 0.05) is 42.5 Å². The molecule has 5 rings (SSSR count). The molecule has 4 unspecified atom stereocenters. The summed E-state index contributed by atoms with van der Waals surface area (Å²) in [6, 6.07) is 16.1. The van der Waals surface area contributed by atoms with E-state index >= 15 is 0 Å². The highest BCUT2D eigenvalue weighted by Crippen LogP contribution is 2.49. The molecular formula is C29H29F3N5O2S+. The van der Waals surface area contributed by atoms with Crippen LogP contribution in [0.5, 0.6) is 0 Å². The van der Waals surface area contributed by atoms with Gasteiger partial charge in [-0.1, -0.05) is 60.3 Å².